The van der Waals surface area contributed by atoms with Gasteiger partial charge in [0.05, 0.1) is 6.20 Å². The highest BCUT2D eigenvalue weighted by molar-refractivity contribution is 5.50. The first-order valence-electron chi connectivity index (χ1n) is 7.29. The molecule has 1 aromatic heterocycles. The molecule has 0 radical (unpaired) electrons. The SMILES string of the molecule is Cc1cnn(-c2ccc(N[C@H]3CN(C)C[C@H]3C)cc2F)c1. The van der Waals surface area contributed by atoms with Gasteiger partial charge >= 0.3 is 0 Å². The number of benzene rings is 1. The molecule has 0 spiro atoms. The van der Waals surface area contributed by atoms with E-state index in [0.717, 1.165) is 24.3 Å². The van der Waals surface area contributed by atoms with E-state index >= 15 is 0 Å². The molecular formula is C16H21FN4. The molecule has 4 nitrogen and oxygen atoms in total. The fourth-order valence-electron chi connectivity index (χ4n) is 2.94. The standard InChI is InChI=1S/C16H21FN4/c1-11-7-18-21(8-11)16-5-4-13(6-14(16)17)19-15-10-20(3)9-12(15)2/h4-8,12,15,19H,9-10H2,1-3H3/t12-,15+/m1/s1. The van der Waals surface area contributed by atoms with Crippen LogP contribution < -0.4 is 5.32 Å². The van der Waals surface area contributed by atoms with E-state index in [9.17, 15) is 4.39 Å². The lowest BCUT2D eigenvalue weighted by atomic mass is 10.1. The van der Waals surface area contributed by atoms with E-state index in [1.165, 1.54) is 0 Å². The molecule has 0 aliphatic carbocycles. The number of halogens is 1. The molecule has 1 N–H and O–H groups in total. The van der Waals surface area contributed by atoms with E-state index in [1.807, 2.05) is 19.2 Å². The maximum Gasteiger partial charge on any atom is 0.150 e. The first kappa shape index (κ1) is 14.1. The van der Waals surface area contributed by atoms with Crippen LogP contribution in [0.3, 0.4) is 0 Å². The second-order valence-electron chi connectivity index (χ2n) is 6.08. The molecular weight excluding hydrogens is 267 g/mol. The number of anilines is 1. The normalized spacial score (nSPS) is 22.7. The van der Waals surface area contributed by atoms with Crippen molar-refractivity contribution in [2.24, 2.45) is 5.92 Å². The summed E-state index contributed by atoms with van der Waals surface area (Å²) >= 11 is 0. The van der Waals surface area contributed by atoms with Gasteiger partial charge in [-0.1, -0.05) is 6.92 Å². The van der Waals surface area contributed by atoms with Gasteiger partial charge in [0, 0.05) is 31.0 Å². The largest absolute Gasteiger partial charge is 0.381 e. The molecule has 1 aromatic carbocycles. The highest BCUT2D eigenvalue weighted by atomic mass is 19.1. The Labute approximate surface area is 124 Å². The van der Waals surface area contributed by atoms with Crippen LogP contribution in [0.2, 0.25) is 0 Å². The minimum absolute atomic E-state index is 0.262. The van der Waals surface area contributed by atoms with Gasteiger partial charge in [0.1, 0.15) is 5.69 Å². The second kappa shape index (κ2) is 5.48. The van der Waals surface area contributed by atoms with Crippen LogP contribution in [0.5, 0.6) is 0 Å². The molecule has 1 aliphatic rings. The van der Waals surface area contributed by atoms with Crippen LogP contribution in [0.1, 0.15) is 12.5 Å². The Bertz CT molecular complexity index is 637. The average molecular weight is 288 g/mol. The van der Waals surface area contributed by atoms with Crippen molar-refractivity contribution in [2.45, 2.75) is 19.9 Å². The van der Waals surface area contributed by atoms with Crippen molar-refractivity contribution in [3.8, 4) is 5.69 Å². The quantitative estimate of drug-likeness (QED) is 0.942. The summed E-state index contributed by atoms with van der Waals surface area (Å²) in [5, 5.41) is 7.59. The van der Waals surface area contributed by atoms with Gasteiger partial charge in [-0.25, -0.2) is 9.07 Å². The minimum atomic E-state index is -0.262. The highest BCUT2D eigenvalue weighted by Crippen LogP contribution is 2.23. The van der Waals surface area contributed by atoms with Crippen LogP contribution in [0.4, 0.5) is 10.1 Å². The topological polar surface area (TPSA) is 33.1 Å². The fourth-order valence-corrected chi connectivity index (χ4v) is 2.94. The number of likely N-dealkylation sites (N-methyl/N-ethyl adjacent to an activating group) is 1. The molecule has 21 heavy (non-hydrogen) atoms. The summed E-state index contributed by atoms with van der Waals surface area (Å²) in [6.07, 6.45) is 3.54. The average Bonchev–Trinajstić information content (AvgIpc) is 2.96. The summed E-state index contributed by atoms with van der Waals surface area (Å²) in [6.45, 7) is 6.22. The van der Waals surface area contributed by atoms with E-state index in [-0.39, 0.29) is 5.82 Å². The number of hydrogen-bond donors (Lipinski definition) is 1. The lowest BCUT2D eigenvalue weighted by Gasteiger charge is -2.18. The lowest BCUT2D eigenvalue weighted by molar-refractivity contribution is 0.401. The van der Waals surface area contributed by atoms with Gasteiger partial charge in [-0.3, -0.25) is 0 Å². The number of rotatable bonds is 3. The first-order valence-corrected chi connectivity index (χ1v) is 7.29. The zero-order valence-corrected chi connectivity index (χ0v) is 12.7. The van der Waals surface area contributed by atoms with Crippen molar-refractivity contribution >= 4 is 5.69 Å². The van der Waals surface area contributed by atoms with Crippen LogP contribution in [-0.4, -0.2) is 40.9 Å². The second-order valence-corrected chi connectivity index (χ2v) is 6.08. The molecule has 2 aromatic rings. The van der Waals surface area contributed by atoms with Crippen molar-refractivity contribution in [1.82, 2.24) is 14.7 Å². The summed E-state index contributed by atoms with van der Waals surface area (Å²) in [6, 6.07) is 5.61. The van der Waals surface area contributed by atoms with Gasteiger partial charge < -0.3 is 10.2 Å². The minimum Gasteiger partial charge on any atom is -0.381 e. The third-order valence-corrected chi connectivity index (χ3v) is 4.05. The third-order valence-electron chi connectivity index (χ3n) is 4.05. The van der Waals surface area contributed by atoms with E-state index in [2.05, 4.69) is 29.3 Å². The Kier molecular flexibility index (Phi) is 3.68. The number of hydrogen-bond acceptors (Lipinski definition) is 3. The molecule has 5 heteroatoms. The number of likely N-dealkylation sites (tertiary alicyclic amines) is 1. The summed E-state index contributed by atoms with van der Waals surface area (Å²) < 4.78 is 15.9. The Hall–Kier alpha value is -1.88. The van der Waals surface area contributed by atoms with Crippen molar-refractivity contribution < 1.29 is 4.39 Å². The van der Waals surface area contributed by atoms with Crippen LogP contribution in [0.15, 0.2) is 30.6 Å². The predicted octanol–water partition coefficient (Wildman–Crippen LogP) is 2.68. The molecule has 0 bridgehead atoms. The van der Waals surface area contributed by atoms with E-state index in [1.54, 1.807) is 23.0 Å². The Morgan fingerprint density at radius 3 is 2.71 bits per heavy atom. The van der Waals surface area contributed by atoms with Crippen molar-refractivity contribution in [3.63, 3.8) is 0 Å². The Morgan fingerprint density at radius 2 is 2.14 bits per heavy atom. The number of aryl methyl sites for hydroxylation is 1. The monoisotopic (exact) mass is 288 g/mol. The third kappa shape index (κ3) is 2.93. The molecule has 112 valence electrons. The van der Waals surface area contributed by atoms with Crippen LogP contribution in [0.25, 0.3) is 5.69 Å². The van der Waals surface area contributed by atoms with Gasteiger partial charge in [-0.05, 0) is 43.7 Å². The predicted molar refractivity (Wildman–Crippen MR) is 82.3 cm³/mol. The van der Waals surface area contributed by atoms with Gasteiger partial charge in [0.2, 0.25) is 0 Å². The number of nitrogens with zero attached hydrogens (tertiary/aromatic N) is 3. The van der Waals surface area contributed by atoms with Gasteiger partial charge in [0.25, 0.3) is 0 Å². The number of aromatic nitrogens is 2. The molecule has 0 amide bonds. The number of nitrogens with one attached hydrogen (secondary N) is 1. The molecule has 1 fully saturated rings. The van der Waals surface area contributed by atoms with Crippen LogP contribution in [-0.2, 0) is 0 Å². The molecule has 0 saturated carbocycles. The summed E-state index contributed by atoms with van der Waals surface area (Å²) in [7, 11) is 2.11. The Balaban J connectivity index is 1.78. The molecule has 1 saturated heterocycles. The first-order chi connectivity index (χ1) is 10.0. The van der Waals surface area contributed by atoms with Crippen molar-refractivity contribution in [2.75, 3.05) is 25.5 Å². The van der Waals surface area contributed by atoms with Crippen molar-refractivity contribution in [1.29, 1.82) is 0 Å². The van der Waals surface area contributed by atoms with E-state index < -0.39 is 0 Å². The molecule has 2 atom stereocenters. The fraction of sp³-hybridized carbons (Fsp3) is 0.438. The zero-order chi connectivity index (χ0) is 15.0. The smallest absolute Gasteiger partial charge is 0.150 e. The van der Waals surface area contributed by atoms with Crippen LogP contribution in [0, 0.1) is 18.7 Å². The lowest BCUT2D eigenvalue weighted by Crippen LogP contribution is -2.27. The van der Waals surface area contributed by atoms with Gasteiger partial charge in [-0.2, -0.15) is 5.10 Å². The maximum atomic E-state index is 14.3. The summed E-state index contributed by atoms with van der Waals surface area (Å²) in [5.41, 5.74) is 2.32. The van der Waals surface area contributed by atoms with Gasteiger partial charge in [0.15, 0.2) is 5.82 Å². The van der Waals surface area contributed by atoms with Crippen molar-refractivity contribution in [3.05, 3.63) is 42.0 Å². The highest BCUT2D eigenvalue weighted by Gasteiger charge is 2.27. The Morgan fingerprint density at radius 1 is 1.33 bits per heavy atom. The summed E-state index contributed by atoms with van der Waals surface area (Å²) in [4.78, 5) is 2.29. The molecule has 1 aliphatic heterocycles. The molecule has 3 rings (SSSR count). The van der Waals surface area contributed by atoms with E-state index in [0.29, 0.717) is 17.6 Å². The molecule has 2 heterocycles. The van der Waals surface area contributed by atoms with Crippen LogP contribution >= 0.6 is 0 Å². The zero-order valence-electron chi connectivity index (χ0n) is 12.7. The summed E-state index contributed by atoms with van der Waals surface area (Å²) in [5.74, 6) is 0.300. The molecule has 0 unspecified atom stereocenters. The van der Waals surface area contributed by atoms with E-state index in [4.69, 9.17) is 0 Å². The van der Waals surface area contributed by atoms with Gasteiger partial charge in [-0.15, -0.1) is 0 Å². The maximum absolute atomic E-state index is 14.3.